The number of hydrogen-bond acceptors (Lipinski definition) is 8. The number of amides is 3. The van der Waals surface area contributed by atoms with E-state index >= 15 is 0 Å². The van der Waals surface area contributed by atoms with Gasteiger partial charge in [0.15, 0.2) is 0 Å². The van der Waals surface area contributed by atoms with Crippen LogP contribution in [0.4, 0.5) is 11.6 Å². The molecule has 2 heterocycles. The Morgan fingerprint density at radius 2 is 1.82 bits per heavy atom. The number of pyridine rings is 1. The second-order valence-corrected chi connectivity index (χ2v) is 10.5. The molecule has 0 radical (unpaired) electrons. The third-order valence-electron chi connectivity index (χ3n) is 6.68. The molecular formula is C31H26Cl2N8O4. The molecular weight excluding hydrogens is 619 g/mol. The minimum Gasteiger partial charge on any atom is -0.487 e. The number of carbonyl (C=O) groups excluding carboxylic acids is 3. The Balaban J connectivity index is 1.17. The molecule has 0 aliphatic rings. The molecule has 3 amide bonds. The maximum absolute atomic E-state index is 12.9. The van der Waals surface area contributed by atoms with Crippen molar-refractivity contribution >= 4 is 69.5 Å². The van der Waals surface area contributed by atoms with E-state index < -0.39 is 17.7 Å². The Labute approximate surface area is 267 Å². The van der Waals surface area contributed by atoms with Crippen molar-refractivity contribution in [2.45, 2.75) is 13.5 Å². The average Bonchev–Trinajstić information content (AvgIpc) is 3.55. The number of aryl methyl sites for hydroxylation is 1. The monoisotopic (exact) mass is 644 g/mol. The third kappa shape index (κ3) is 7.61. The molecule has 2 aromatic heterocycles. The quantitative estimate of drug-likeness (QED) is 0.180. The highest BCUT2D eigenvalue weighted by Crippen LogP contribution is 2.35. The van der Waals surface area contributed by atoms with Crippen LogP contribution in [0.3, 0.4) is 0 Å². The highest BCUT2D eigenvalue weighted by atomic mass is 35.5. The van der Waals surface area contributed by atoms with Gasteiger partial charge in [-0.2, -0.15) is 5.21 Å². The Bertz CT molecular complexity index is 1900. The van der Waals surface area contributed by atoms with Gasteiger partial charge in [0.2, 0.25) is 11.8 Å². The highest BCUT2D eigenvalue weighted by molar-refractivity contribution is 6.38. The van der Waals surface area contributed by atoms with Crippen LogP contribution in [0.2, 0.25) is 10.0 Å². The number of ether oxygens (including phenoxy) is 1. The number of carbonyl (C=O) groups is 3. The van der Waals surface area contributed by atoms with E-state index in [1.54, 1.807) is 49.5 Å². The normalized spacial score (nSPS) is 11.0. The lowest BCUT2D eigenvalue weighted by Gasteiger charge is -2.21. The number of benzene rings is 3. The number of rotatable bonds is 10. The summed E-state index contributed by atoms with van der Waals surface area (Å²) < 4.78 is 6.07. The van der Waals surface area contributed by atoms with Gasteiger partial charge in [-0.15, -0.1) is 5.10 Å². The van der Waals surface area contributed by atoms with Crippen molar-refractivity contribution in [3.05, 3.63) is 105 Å². The van der Waals surface area contributed by atoms with Crippen molar-refractivity contribution in [2.24, 2.45) is 0 Å². The van der Waals surface area contributed by atoms with Gasteiger partial charge in [-0.05, 0) is 60.2 Å². The van der Waals surface area contributed by atoms with Gasteiger partial charge in [0.1, 0.15) is 17.9 Å². The number of H-pyrrole nitrogens is 1. The van der Waals surface area contributed by atoms with Crippen LogP contribution in [0, 0.1) is 6.92 Å². The number of aromatic amines is 1. The van der Waals surface area contributed by atoms with Crippen molar-refractivity contribution < 1.29 is 19.1 Å². The van der Waals surface area contributed by atoms with Gasteiger partial charge >= 0.3 is 0 Å². The number of fused-ring (bicyclic) bond motifs is 1. The van der Waals surface area contributed by atoms with Gasteiger partial charge in [-0.1, -0.05) is 58.6 Å². The molecule has 0 aliphatic heterocycles. The first-order chi connectivity index (χ1) is 21.7. The molecule has 12 nitrogen and oxygen atoms in total. The highest BCUT2D eigenvalue weighted by Gasteiger charge is 2.19. The molecule has 0 fully saturated rings. The zero-order valence-corrected chi connectivity index (χ0v) is 25.6. The first-order valence-electron chi connectivity index (χ1n) is 13.5. The van der Waals surface area contributed by atoms with Gasteiger partial charge in [-0.3, -0.25) is 19.7 Å². The predicted molar refractivity (Wildman–Crippen MR) is 171 cm³/mol. The van der Waals surface area contributed by atoms with E-state index in [2.05, 4.69) is 36.2 Å². The van der Waals surface area contributed by atoms with Crippen LogP contribution in [-0.4, -0.2) is 56.9 Å². The first kappa shape index (κ1) is 31.1. The minimum absolute atomic E-state index is 0.0499. The summed E-state index contributed by atoms with van der Waals surface area (Å²) in [7, 11) is 1.55. The molecule has 0 aliphatic carbocycles. The fraction of sp³-hybridized carbons (Fsp3) is 0.129. The molecule has 0 saturated heterocycles. The van der Waals surface area contributed by atoms with Crippen molar-refractivity contribution in [1.82, 2.24) is 30.9 Å². The van der Waals surface area contributed by atoms with Crippen LogP contribution in [0.1, 0.15) is 27.2 Å². The summed E-state index contributed by atoms with van der Waals surface area (Å²) in [6.07, 6.45) is 2.84. The number of likely N-dealkylation sites (N-methyl/N-ethyl adjacent to an activating group) is 1. The van der Waals surface area contributed by atoms with Crippen LogP contribution < -0.4 is 20.3 Å². The summed E-state index contributed by atoms with van der Waals surface area (Å²) in [6, 6.07) is 19.3. The molecule has 0 spiro atoms. The SMILES string of the molecule is Cc1ccc2cccc(OCc3c(Cl)ccc(N(C)C(=O)CNC(=O)C=Cc4ccc(C(=O)Nc5nn[nH]n5)cc4)c3Cl)c2n1. The Morgan fingerprint density at radius 1 is 1.02 bits per heavy atom. The van der Waals surface area contributed by atoms with Gasteiger partial charge in [0, 0.05) is 40.4 Å². The summed E-state index contributed by atoms with van der Waals surface area (Å²) in [5.74, 6) is -0.663. The lowest BCUT2D eigenvalue weighted by molar-refractivity contribution is -0.122. The largest absolute Gasteiger partial charge is 0.487 e. The lowest BCUT2D eigenvalue weighted by atomic mass is 10.1. The fourth-order valence-corrected chi connectivity index (χ4v) is 4.85. The van der Waals surface area contributed by atoms with Gasteiger partial charge < -0.3 is 15.0 Å². The van der Waals surface area contributed by atoms with Crippen molar-refractivity contribution in [1.29, 1.82) is 0 Å². The summed E-state index contributed by atoms with van der Waals surface area (Å²) in [4.78, 5) is 43.5. The summed E-state index contributed by atoms with van der Waals surface area (Å²) in [5.41, 5.74) is 3.53. The number of para-hydroxylation sites is 1. The van der Waals surface area contributed by atoms with Crippen LogP contribution in [0.15, 0.2) is 72.8 Å². The Morgan fingerprint density at radius 3 is 2.58 bits per heavy atom. The minimum atomic E-state index is -0.481. The van der Waals surface area contributed by atoms with E-state index in [0.29, 0.717) is 33.1 Å². The second-order valence-electron chi connectivity index (χ2n) is 9.74. The number of hydrogen-bond donors (Lipinski definition) is 3. The van der Waals surface area contributed by atoms with E-state index in [1.165, 1.54) is 11.0 Å². The van der Waals surface area contributed by atoms with Crippen molar-refractivity contribution in [3.63, 3.8) is 0 Å². The molecule has 5 rings (SSSR count). The summed E-state index contributed by atoms with van der Waals surface area (Å²) >= 11 is 13.2. The maximum Gasteiger partial charge on any atom is 0.270 e. The van der Waals surface area contributed by atoms with E-state index in [0.717, 1.165) is 16.6 Å². The molecule has 5 aromatic rings. The fourth-order valence-electron chi connectivity index (χ4n) is 4.24. The number of aromatic nitrogens is 5. The van der Waals surface area contributed by atoms with Gasteiger partial charge in [0.25, 0.3) is 11.9 Å². The van der Waals surface area contributed by atoms with Crippen LogP contribution in [0.5, 0.6) is 5.75 Å². The van der Waals surface area contributed by atoms with Crippen LogP contribution in [-0.2, 0) is 16.2 Å². The molecule has 0 bridgehead atoms. The average molecular weight is 646 g/mol. The number of nitrogens with one attached hydrogen (secondary N) is 3. The molecule has 0 atom stereocenters. The van der Waals surface area contributed by atoms with Crippen LogP contribution in [0.25, 0.3) is 17.0 Å². The standard InChI is InChI=1S/C31H26Cl2N8O4/c1-18-6-10-20-4-3-5-25(29(20)35-18)45-17-22-23(32)13-14-24(28(22)33)41(2)27(43)16-34-26(42)15-9-19-7-11-21(12-8-19)30(44)36-31-37-39-40-38-31/h3-15H,16-17H2,1-2H3,(H,34,42)(H2,36,37,38,39,40,44). The third-order valence-corrected chi connectivity index (χ3v) is 7.46. The second kappa shape index (κ2) is 14.0. The number of nitrogens with zero attached hydrogens (tertiary/aromatic N) is 5. The molecule has 0 saturated carbocycles. The summed E-state index contributed by atoms with van der Waals surface area (Å²) in [5, 5.41) is 19.6. The molecule has 45 heavy (non-hydrogen) atoms. The van der Waals surface area contributed by atoms with Gasteiger partial charge in [-0.25, -0.2) is 4.98 Å². The lowest BCUT2D eigenvalue weighted by Crippen LogP contribution is -2.37. The number of anilines is 2. The zero-order chi connectivity index (χ0) is 31.9. The Hall–Kier alpha value is -5.33. The predicted octanol–water partition coefficient (Wildman–Crippen LogP) is 4.99. The molecule has 228 valence electrons. The maximum atomic E-state index is 12.9. The van der Waals surface area contributed by atoms with E-state index in [9.17, 15) is 14.4 Å². The first-order valence-corrected chi connectivity index (χ1v) is 14.3. The topological polar surface area (TPSA) is 155 Å². The molecule has 3 aromatic carbocycles. The number of tetrazole rings is 1. The summed E-state index contributed by atoms with van der Waals surface area (Å²) in [6.45, 7) is 1.68. The van der Waals surface area contributed by atoms with Crippen molar-refractivity contribution in [2.75, 3.05) is 23.8 Å². The van der Waals surface area contributed by atoms with E-state index in [1.807, 2.05) is 37.3 Å². The Kier molecular flexibility index (Phi) is 9.66. The van der Waals surface area contributed by atoms with E-state index in [4.69, 9.17) is 27.9 Å². The van der Waals surface area contributed by atoms with Gasteiger partial charge in [0.05, 0.1) is 17.3 Å². The zero-order valence-electron chi connectivity index (χ0n) is 24.0. The number of halogens is 2. The molecule has 3 N–H and O–H groups in total. The molecule has 14 heteroatoms. The smallest absolute Gasteiger partial charge is 0.270 e. The molecule has 0 unspecified atom stereocenters. The van der Waals surface area contributed by atoms with Crippen LogP contribution >= 0.6 is 23.2 Å². The van der Waals surface area contributed by atoms with E-state index in [-0.39, 0.29) is 24.1 Å². The van der Waals surface area contributed by atoms with Crippen molar-refractivity contribution in [3.8, 4) is 5.75 Å².